The maximum absolute atomic E-state index is 6.43. The number of hydrogen-bond acceptors (Lipinski definition) is 4. The van der Waals surface area contributed by atoms with Crippen LogP contribution in [0.5, 0.6) is 0 Å². The van der Waals surface area contributed by atoms with Crippen molar-refractivity contribution in [2.75, 3.05) is 0 Å². The van der Waals surface area contributed by atoms with Crippen molar-refractivity contribution in [3.8, 4) is 45.5 Å². The SMILES string of the molecule is c1ccc2c(c1)-c1ccccc1C21c2ccccc2-c2ccc3c(c21)c1ccccc1n3-c1nc(-c2ccc3c(c2)oc2ccccc23)nc(-n2c3ccccc3c3ccccc32)n1. The quantitative estimate of drug-likeness (QED) is 0.178. The fourth-order valence-electron chi connectivity index (χ4n) is 11.6. The average molecular weight is 816 g/mol. The van der Waals surface area contributed by atoms with E-state index in [2.05, 4.69) is 191 Å². The van der Waals surface area contributed by atoms with Crippen LogP contribution in [0.15, 0.2) is 205 Å². The third-order valence-electron chi connectivity index (χ3n) is 14.0. The molecule has 0 radical (unpaired) electrons. The molecule has 0 fully saturated rings. The van der Waals surface area contributed by atoms with Crippen molar-refractivity contribution in [1.29, 1.82) is 0 Å². The summed E-state index contributed by atoms with van der Waals surface area (Å²) in [6.45, 7) is 0. The number of hydrogen-bond donors (Lipinski definition) is 0. The first kappa shape index (κ1) is 34.0. The molecule has 2 aliphatic rings. The fraction of sp³-hybridized carbons (Fsp3) is 0.0172. The molecule has 6 nitrogen and oxygen atoms in total. The van der Waals surface area contributed by atoms with Crippen molar-refractivity contribution < 1.29 is 4.42 Å². The molecule has 64 heavy (non-hydrogen) atoms. The van der Waals surface area contributed by atoms with E-state index in [0.29, 0.717) is 17.7 Å². The zero-order valence-electron chi connectivity index (χ0n) is 34.2. The molecule has 0 unspecified atom stereocenters. The van der Waals surface area contributed by atoms with Crippen molar-refractivity contribution in [1.82, 2.24) is 24.1 Å². The zero-order chi connectivity index (χ0) is 41.7. The lowest BCUT2D eigenvalue weighted by Gasteiger charge is -2.31. The highest BCUT2D eigenvalue weighted by molar-refractivity contribution is 6.16. The van der Waals surface area contributed by atoms with Crippen molar-refractivity contribution in [3.05, 3.63) is 222 Å². The summed E-state index contributed by atoms with van der Waals surface area (Å²) in [7, 11) is 0. The summed E-state index contributed by atoms with van der Waals surface area (Å²) in [4.78, 5) is 16.3. The Kier molecular flexibility index (Phi) is 6.53. The first-order chi connectivity index (χ1) is 31.8. The Labute approximate surface area is 366 Å². The minimum absolute atomic E-state index is 0.534. The molecule has 0 saturated heterocycles. The van der Waals surface area contributed by atoms with Gasteiger partial charge in [0, 0.05) is 37.9 Å². The highest BCUT2D eigenvalue weighted by atomic mass is 16.3. The normalized spacial score (nSPS) is 13.4. The number of fused-ring (bicyclic) bond motifs is 20. The lowest BCUT2D eigenvalue weighted by molar-refractivity contribution is 0.669. The third-order valence-corrected chi connectivity index (χ3v) is 14.0. The molecular weight excluding hydrogens is 783 g/mol. The summed E-state index contributed by atoms with van der Waals surface area (Å²) in [5.41, 5.74) is 16.3. The molecule has 0 aliphatic heterocycles. The molecule has 15 rings (SSSR count). The van der Waals surface area contributed by atoms with Gasteiger partial charge in [0.1, 0.15) is 11.2 Å². The van der Waals surface area contributed by atoms with E-state index in [1.54, 1.807) is 0 Å². The number of rotatable bonds is 3. The highest BCUT2D eigenvalue weighted by Gasteiger charge is 2.52. The fourth-order valence-corrected chi connectivity index (χ4v) is 11.6. The molecule has 4 heterocycles. The molecule has 0 N–H and O–H groups in total. The van der Waals surface area contributed by atoms with Gasteiger partial charge in [-0.2, -0.15) is 15.0 Å². The van der Waals surface area contributed by atoms with Crippen LogP contribution in [-0.4, -0.2) is 24.1 Å². The summed E-state index contributed by atoms with van der Waals surface area (Å²) in [5.74, 6) is 1.63. The van der Waals surface area contributed by atoms with Crippen LogP contribution in [0.1, 0.15) is 22.3 Å². The Morgan fingerprint density at radius 2 is 0.844 bits per heavy atom. The summed E-state index contributed by atoms with van der Waals surface area (Å²) in [5, 5.41) is 6.75. The second kappa shape index (κ2) is 12.3. The molecule has 0 saturated carbocycles. The molecule has 2 aliphatic carbocycles. The Hall–Kier alpha value is -8.61. The molecule has 296 valence electrons. The van der Waals surface area contributed by atoms with Crippen molar-refractivity contribution in [2.45, 2.75) is 5.41 Å². The van der Waals surface area contributed by atoms with Crippen LogP contribution in [0, 0.1) is 0 Å². The monoisotopic (exact) mass is 815 g/mol. The van der Waals surface area contributed by atoms with Crippen molar-refractivity contribution >= 4 is 65.6 Å². The molecule has 0 amide bonds. The van der Waals surface area contributed by atoms with Crippen LogP contribution < -0.4 is 0 Å². The van der Waals surface area contributed by atoms with Gasteiger partial charge < -0.3 is 4.42 Å². The Morgan fingerprint density at radius 1 is 0.359 bits per heavy atom. The van der Waals surface area contributed by atoms with E-state index < -0.39 is 5.41 Å². The van der Waals surface area contributed by atoms with Gasteiger partial charge in [-0.3, -0.25) is 9.13 Å². The minimum atomic E-state index is -0.534. The Morgan fingerprint density at radius 3 is 1.48 bits per heavy atom. The van der Waals surface area contributed by atoms with Crippen LogP contribution in [0.25, 0.3) is 111 Å². The van der Waals surface area contributed by atoms with E-state index in [0.717, 1.165) is 65.7 Å². The van der Waals surface area contributed by atoms with Gasteiger partial charge in [0.2, 0.25) is 11.9 Å². The second-order valence-corrected chi connectivity index (χ2v) is 17.1. The summed E-state index contributed by atoms with van der Waals surface area (Å²) >= 11 is 0. The highest BCUT2D eigenvalue weighted by Crippen LogP contribution is 2.64. The molecule has 6 heteroatoms. The Bertz CT molecular complexity index is 4050. The Balaban J connectivity index is 1.07. The predicted octanol–water partition coefficient (Wildman–Crippen LogP) is 14.0. The van der Waals surface area contributed by atoms with E-state index in [-0.39, 0.29) is 0 Å². The molecule has 4 aromatic heterocycles. The van der Waals surface area contributed by atoms with Gasteiger partial charge in [0.05, 0.1) is 27.5 Å². The van der Waals surface area contributed by atoms with Gasteiger partial charge in [-0.25, -0.2) is 0 Å². The second-order valence-electron chi connectivity index (χ2n) is 17.1. The minimum Gasteiger partial charge on any atom is -0.456 e. The lowest BCUT2D eigenvalue weighted by Crippen LogP contribution is -2.26. The van der Waals surface area contributed by atoms with Gasteiger partial charge in [-0.05, 0) is 87.0 Å². The molecule has 9 aromatic carbocycles. The van der Waals surface area contributed by atoms with Crippen LogP contribution >= 0.6 is 0 Å². The number of furan rings is 1. The number of benzene rings is 9. The summed E-state index contributed by atoms with van der Waals surface area (Å²) < 4.78 is 10.9. The molecule has 13 aromatic rings. The zero-order valence-corrected chi connectivity index (χ0v) is 34.2. The van der Waals surface area contributed by atoms with Gasteiger partial charge in [0.25, 0.3) is 0 Å². The molecule has 0 bridgehead atoms. The summed E-state index contributed by atoms with van der Waals surface area (Å²) in [6, 6.07) is 71.8. The van der Waals surface area contributed by atoms with E-state index in [1.807, 2.05) is 18.2 Å². The maximum Gasteiger partial charge on any atom is 0.240 e. The van der Waals surface area contributed by atoms with Gasteiger partial charge >= 0.3 is 0 Å². The van der Waals surface area contributed by atoms with Crippen molar-refractivity contribution in [2.24, 2.45) is 0 Å². The van der Waals surface area contributed by atoms with Gasteiger partial charge in [-0.1, -0.05) is 158 Å². The van der Waals surface area contributed by atoms with Crippen LogP contribution in [-0.2, 0) is 5.41 Å². The third kappa shape index (κ3) is 4.22. The summed E-state index contributed by atoms with van der Waals surface area (Å²) in [6.07, 6.45) is 0. The number of para-hydroxylation sites is 4. The van der Waals surface area contributed by atoms with Crippen LogP contribution in [0.3, 0.4) is 0 Å². The molecule has 1 spiro atoms. The van der Waals surface area contributed by atoms with Crippen molar-refractivity contribution in [3.63, 3.8) is 0 Å². The van der Waals surface area contributed by atoms with Crippen LogP contribution in [0.4, 0.5) is 0 Å². The molecule has 0 atom stereocenters. The van der Waals surface area contributed by atoms with E-state index in [1.165, 1.54) is 49.9 Å². The smallest absolute Gasteiger partial charge is 0.240 e. The molecular formula is C58H33N5O. The average Bonchev–Trinajstić information content (AvgIpc) is 4.14. The number of aromatic nitrogens is 5. The van der Waals surface area contributed by atoms with E-state index >= 15 is 0 Å². The van der Waals surface area contributed by atoms with E-state index in [4.69, 9.17) is 19.4 Å². The van der Waals surface area contributed by atoms with Gasteiger partial charge in [-0.15, -0.1) is 0 Å². The maximum atomic E-state index is 6.43. The largest absolute Gasteiger partial charge is 0.456 e. The van der Waals surface area contributed by atoms with E-state index in [9.17, 15) is 0 Å². The van der Waals surface area contributed by atoms with Crippen LogP contribution in [0.2, 0.25) is 0 Å². The first-order valence-electron chi connectivity index (χ1n) is 21.8. The predicted molar refractivity (Wildman–Crippen MR) is 258 cm³/mol. The lowest BCUT2D eigenvalue weighted by atomic mass is 9.69. The van der Waals surface area contributed by atoms with Gasteiger partial charge in [0.15, 0.2) is 5.82 Å². The standard InChI is InChI=1S/C58H33N5O/c1-8-22-44-35(15-1)36-16-2-9-23-45(36)58(44)46-24-10-3-17-37(46)42-31-32-50-53(54(42)58)43-21-6-13-27-49(43)63(50)57-60-55(34-29-30-41-40-20-7-14-28-51(40)64-52(41)33-34)59-56(61-57)62-47-25-11-4-18-38(47)39-19-5-12-26-48(39)62/h1-33H. The first-order valence-corrected chi connectivity index (χ1v) is 21.8. The topological polar surface area (TPSA) is 61.7 Å². The number of nitrogens with zero attached hydrogens (tertiary/aromatic N) is 5.